The number of aromatic nitrogens is 3. The summed E-state index contributed by atoms with van der Waals surface area (Å²) in [5.74, 6) is 0.0306. The van der Waals surface area contributed by atoms with Crippen molar-refractivity contribution in [1.29, 1.82) is 0 Å². The summed E-state index contributed by atoms with van der Waals surface area (Å²) in [6.45, 7) is 5.64. The summed E-state index contributed by atoms with van der Waals surface area (Å²) < 4.78 is 1.24. The zero-order valence-electron chi connectivity index (χ0n) is 9.64. The minimum Gasteiger partial charge on any atom is -0.332 e. The van der Waals surface area contributed by atoms with Crippen molar-refractivity contribution >= 4 is 48.8 Å². The third-order valence-electron chi connectivity index (χ3n) is 2.34. The Morgan fingerprint density at radius 2 is 2.00 bits per heavy atom. The molecule has 6 heteroatoms. The first-order valence-corrected chi connectivity index (χ1v) is 6.64. The largest absolute Gasteiger partial charge is 0.332 e. The number of carbonyl (C=O) groups excluding carboxylic acids is 1. The molecule has 2 rings (SSSR count). The van der Waals surface area contributed by atoms with Crippen LogP contribution in [0.25, 0.3) is 11.2 Å². The number of hydrogen-bond acceptors (Lipinski definition) is 3. The lowest BCUT2D eigenvalue weighted by Gasteiger charge is -2.15. The van der Waals surface area contributed by atoms with Gasteiger partial charge in [0.1, 0.15) is 10.1 Å². The van der Waals surface area contributed by atoms with Crippen LogP contribution in [0.2, 0.25) is 0 Å². The highest BCUT2D eigenvalue weighted by Crippen LogP contribution is 2.31. The van der Waals surface area contributed by atoms with Crippen molar-refractivity contribution in [3.63, 3.8) is 0 Å². The van der Waals surface area contributed by atoms with Crippen molar-refractivity contribution in [3.05, 3.63) is 21.0 Å². The van der Waals surface area contributed by atoms with Crippen LogP contribution in [0.1, 0.15) is 31.1 Å². The molecule has 0 aliphatic rings. The van der Waals surface area contributed by atoms with Crippen LogP contribution in [0.5, 0.6) is 0 Å². The lowest BCUT2D eigenvalue weighted by Crippen LogP contribution is -2.20. The van der Waals surface area contributed by atoms with Crippen molar-refractivity contribution < 1.29 is 4.79 Å². The van der Waals surface area contributed by atoms with E-state index in [-0.39, 0.29) is 5.78 Å². The molecule has 90 valence electrons. The monoisotopic (exact) mass is 359 g/mol. The molecule has 0 saturated carbocycles. The molecule has 0 spiro atoms. The van der Waals surface area contributed by atoms with Crippen molar-refractivity contribution in [1.82, 2.24) is 15.0 Å². The Balaban J connectivity index is 2.72. The van der Waals surface area contributed by atoms with Crippen LogP contribution in [-0.2, 0) is 0 Å². The SMILES string of the molecule is CC(C)(C)C(=O)c1c(Br)[nH]c2ncc(Br)nc12. The maximum Gasteiger partial charge on any atom is 0.173 e. The second kappa shape index (κ2) is 4.17. The van der Waals surface area contributed by atoms with E-state index in [4.69, 9.17) is 0 Å². The van der Waals surface area contributed by atoms with Gasteiger partial charge in [-0.15, -0.1) is 0 Å². The molecule has 0 bridgehead atoms. The number of Topliss-reactive ketones (excluding diaryl/α,β-unsaturated/α-hetero) is 1. The van der Waals surface area contributed by atoms with Gasteiger partial charge in [-0.1, -0.05) is 20.8 Å². The third kappa shape index (κ3) is 2.28. The molecule has 0 fully saturated rings. The fourth-order valence-electron chi connectivity index (χ4n) is 1.49. The molecule has 2 aromatic rings. The van der Waals surface area contributed by atoms with Crippen LogP contribution in [0.3, 0.4) is 0 Å². The highest BCUT2D eigenvalue weighted by molar-refractivity contribution is 9.10. The van der Waals surface area contributed by atoms with E-state index in [0.717, 1.165) is 0 Å². The maximum absolute atomic E-state index is 12.3. The van der Waals surface area contributed by atoms with Crippen LogP contribution in [0.4, 0.5) is 0 Å². The predicted molar refractivity (Wildman–Crippen MR) is 73.1 cm³/mol. The average molecular weight is 361 g/mol. The fraction of sp³-hybridized carbons (Fsp3) is 0.364. The van der Waals surface area contributed by atoms with Crippen LogP contribution in [0, 0.1) is 5.41 Å². The first kappa shape index (κ1) is 12.7. The van der Waals surface area contributed by atoms with Crippen molar-refractivity contribution in [2.75, 3.05) is 0 Å². The molecule has 4 nitrogen and oxygen atoms in total. The normalized spacial score (nSPS) is 12.1. The second-order valence-electron chi connectivity index (χ2n) is 4.78. The van der Waals surface area contributed by atoms with Crippen LogP contribution < -0.4 is 0 Å². The van der Waals surface area contributed by atoms with Gasteiger partial charge in [-0.3, -0.25) is 4.79 Å². The summed E-state index contributed by atoms with van der Waals surface area (Å²) in [5, 5.41) is 0. The highest BCUT2D eigenvalue weighted by Gasteiger charge is 2.29. The number of halogens is 2. The first-order chi connectivity index (χ1) is 7.80. The van der Waals surface area contributed by atoms with E-state index in [1.807, 2.05) is 20.8 Å². The van der Waals surface area contributed by atoms with Gasteiger partial charge in [0.25, 0.3) is 0 Å². The Labute approximate surface area is 115 Å². The number of rotatable bonds is 1. The van der Waals surface area contributed by atoms with Gasteiger partial charge in [0.05, 0.1) is 16.4 Å². The van der Waals surface area contributed by atoms with Gasteiger partial charge in [0.15, 0.2) is 11.4 Å². The molecule has 2 heterocycles. The van der Waals surface area contributed by atoms with Gasteiger partial charge in [-0.2, -0.15) is 0 Å². The minimum atomic E-state index is -0.457. The van der Waals surface area contributed by atoms with Gasteiger partial charge in [0.2, 0.25) is 0 Å². The Bertz CT molecular complexity index is 599. The lowest BCUT2D eigenvalue weighted by molar-refractivity contribution is 0.0859. The Morgan fingerprint density at radius 1 is 1.35 bits per heavy atom. The molecular formula is C11H11Br2N3O. The maximum atomic E-state index is 12.3. The van der Waals surface area contributed by atoms with E-state index >= 15 is 0 Å². The number of nitrogens with one attached hydrogen (secondary N) is 1. The summed E-state index contributed by atoms with van der Waals surface area (Å²) in [5.41, 5.74) is 1.29. The number of hydrogen-bond donors (Lipinski definition) is 1. The molecule has 1 N–H and O–H groups in total. The smallest absolute Gasteiger partial charge is 0.173 e. The zero-order chi connectivity index (χ0) is 12.8. The van der Waals surface area contributed by atoms with Crippen LogP contribution in [-0.4, -0.2) is 20.7 Å². The van der Waals surface area contributed by atoms with E-state index in [9.17, 15) is 4.79 Å². The number of nitrogens with zero attached hydrogens (tertiary/aromatic N) is 2. The van der Waals surface area contributed by atoms with Gasteiger partial charge in [-0.25, -0.2) is 9.97 Å². The lowest BCUT2D eigenvalue weighted by atomic mass is 9.87. The Morgan fingerprint density at radius 3 is 2.59 bits per heavy atom. The Kier molecular flexibility index (Phi) is 3.12. The number of ketones is 1. The summed E-state index contributed by atoms with van der Waals surface area (Å²) in [6.07, 6.45) is 1.59. The van der Waals surface area contributed by atoms with Gasteiger partial charge in [-0.05, 0) is 31.9 Å². The summed E-state index contributed by atoms with van der Waals surface area (Å²) in [6, 6.07) is 0. The average Bonchev–Trinajstić information content (AvgIpc) is 2.51. The van der Waals surface area contributed by atoms with Crippen LogP contribution in [0.15, 0.2) is 15.4 Å². The second-order valence-corrected chi connectivity index (χ2v) is 6.39. The molecular weight excluding hydrogens is 350 g/mol. The fourth-order valence-corrected chi connectivity index (χ4v) is 2.32. The van der Waals surface area contributed by atoms with Gasteiger partial charge >= 0.3 is 0 Å². The topological polar surface area (TPSA) is 58.6 Å². The van der Waals surface area contributed by atoms with Crippen molar-refractivity contribution in [2.45, 2.75) is 20.8 Å². The highest BCUT2D eigenvalue weighted by atomic mass is 79.9. The molecule has 0 unspecified atom stereocenters. The molecule has 0 aliphatic carbocycles. The number of aromatic amines is 1. The first-order valence-electron chi connectivity index (χ1n) is 5.05. The molecule has 0 radical (unpaired) electrons. The summed E-state index contributed by atoms with van der Waals surface area (Å²) >= 11 is 6.62. The van der Waals surface area contributed by atoms with Crippen molar-refractivity contribution in [2.24, 2.45) is 5.41 Å². The van der Waals surface area contributed by atoms with Gasteiger partial charge in [0, 0.05) is 5.41 Å². The molecule has 17 heavy (non-hydrogen) atoms. The minimum absolute atomic E-state index is 0.0306. The van der Waals surface area contributed by atoms with E-state index in [2.05, 4.69) is 46.8 Å². The van der Waals surface area contributed by atoms with Gasteiger partial charge < -0.3 is 4.98 Å². The number of carbonyl (C=O) groups is 1. The predicted octanol–water partition coefficient (Wildman–Crippen LogP) is 3.71. The molecule has 0 aliphatic heterocycles. The van der Waals surface area contributed by atoms with E-state index < -0.39 is 5.41 Å². The molecule has 2 aromatic heterocycles. The van der Waals surface area contributed by atoms with E-state index in [1.165, 1.54) is 0 Å². The quantitative estimate of drug-likeness (QED) is 0.788. The standard InChI is InChI=1S/C11H11Br2N3O/c1-11(2,3)8(17)6-7-10(16-9(6)13)14-4-5(12)15-7/h4H,1-3H3,(H,14,16). The summed E-state index contributed by atoms with van der Waals surface area (Å²) in [7, 11) is 0. The van der Waals surface area contributed by atoms with E-state index in [0.29, 0.717) is 25.9 Å². The summed E-state index contributed by atoms with van der Waals surface area (Å²) in [4.78, 5) is 23.8. The molecule has 0 amide bonds. The van der Waals surface area contributed by atoms with Crippen molar-refractivity contribution in [3.8, 4) is 0 Å². The zero-order valence-corrected chi connectivity index (χ0v) is 12.8. The third-order valence-corrected chi connectivity index (χ3v) is 3.31. The number of H-pyrrole nitrogens is 1. The Hall–Kier alpha value is -0.750. The molecule has 0 saturated heterocycles. The van der Waals surface area contributed by atoms with E-state index in [1.54, 1.807) is 6.20 Å². The molecule has 0 aromatic carbocycles. The molecule has 0 atom stereocenters. The number of fused-ring (bicyclic) bond motifs is 1. The van der Waals surface area contributed by atoms with Crippen LogP contribution >= 0.6 is 31.9 Å².